The highest BCUT2D eigenvalue weighted by molar-refractivity contribution is 6.03. The number of benzene rings is 2. The third kappa shape index (κ3) is 4.68. The summed E-state index contributed by atoms with van der Waals surface area (Å²) in [4.78, 5) is 23.2. The van der Waals surface area contributed by atoms with E-state index >= 15 is 0 Å². The highest BCUT2D eigenvalue weighted by atomic mass is 19.2. The minimum atomic E-state index is -1.03. The third-order valence-electron chi connectivity index (χ3n) is 4.16. The molecule has 0 aliphatic heterocycles. The van der Waals surface area contributed by atoms with Crippen molar-refractivity contribution in [3.63, 3.8) is 0 Å². The van der Waals surface area contributed by atoms with Gasteiger partial charge >= 0.3 is 0 Å². The zero-order valence-electron chi connectivity index (χ0n) is 15.6. The highest BCUT2D eigenvalue weighted by Crippen LogP contribution is 2.18. The molecule has 0 aliphatic carbocycles. The topological polar surface area (TPSA) is 58.1 Å². The zero-order valence-corrected chi connectivity index (χ0v) is 15.6. The molecule has 3 aromatic rings. The Labute approximate surface area is 162 Å². The van der Waals surface area contributed by atoms with Crippen molar-refractivity contribution < 1.29 is 13.6 Å². The van der Waals surface area contributed by atoms with Crippen molar-refractivity contribution in [2.45, 2.75) is 20.4 Å². The fourth-order valence-corrected chi connectivity index (χ4v) is 2.76. The van der Waals surface area contributed by atoms with Crippen molar-refractivity contribution in [1.29, 1.82) is 0 Å². The van der Waals surface area contributed by atoms with Gasteiger partial charge < -0.3 is 10.2 Å². The van der Waals surface area contributed by atoms with Crippen molar-refractivity contribution in [3.05, 3.63) is 83.3 Å². The SMILES string of the molecule is CCN(Cc1ccccc1)c1cc(C(=O)Nc2ccc(F)c(F)c2)nc(C)n1. The number of anilines is 2. The summed E-state index contributed by atoms with van der Waals surface area (Å²) >= 11 is 0. The van der Waals surface area contributed by atoms with Crippen LogP contribution < -0.4 is 10.2 Å². The first-order valence-electron chi connectivity index (χ1n) is 8.87. The van der Waals surface area contributed by atoms with Crippen LogP contribution in [0.4, 0.5) is 20.3 Å². The molecule has 0 atom stereocenters. The Morgan fingerprint density at radius 3 is 2.46 bits per heavy atom. The number of carbonyl (C=O) groups is 1. The molecule has 0 radical (unpaired) electrons. The van der Waals surface area contributed by atoms with Gasteiger partial charge in [-0.1, -0.05) is 30.3 Å². The number of aromatic nitrogens is 2. The van der Waals surface area contributed by atoms with Gasteiger partial charge in [-0.05, 0) is 31.5 Å². The molecule has 1 heterocycles. The molecule has 1 aromatic heterocycles. The molecule has 0 spiro atoms. The number of aryl methyl sites for hydroxylation is 1. The number of hydrogen-bond donors (Lipinski definition) is 1. The van der Waals surface area contributed by atoms with Gasteiger partial charge in [0.1, 0.15) is 17.3 Å². The lowest BCUT2D eigenvalue weighted by molar-refractivity contribution is 0.102. The first-order valence-corrected chi connectivity index (χ1v) is 8.87. The van der Waals surface area contributed by atoms with Gasteiger partial charge in [-0.3, -0.25) is 4.79 Å². The first kappa shape index (κ1) is 19.4. The summed E-state index contributed by atoms with van der Waals surface area (Å²) < 4.78 is 26.4. The molecule has 0 saturated carbocycles. The second kappa shape index (κ2) is 8.56. The van der Waals surface area contributed by atoms with Crippen LogP contribution in [0.15, 0.2) is 54.6 Å². The van der Waals surface area contributed by atoms with Crippen molar-refractivity contribution in [1.82, 2.24) is 9.97 Å². The van der Waals surface area contributed by atoms with E-state index in [2.05, 4.69) is 15.3 Å². The molecule has 7 heteroatoms. The molecule has 0 saturated heterocycles. The molecule has 0 unspecified atom stereocenters. The molecule has 5 nitrogen and oxygen atoms in total. The number of hydrogen-bond acceptors (Lipinski definition) is 4. The molecule has 1 N–H and O–H groups in total. The molecule has 144 valence electrons. The van der Waals surface area contributed by atoms with E-state index in [-0.39, 0.29) is 11.4 Å². The van der Waals surface area contributed by atoms with Gasteiger partial charge in [0.05, 0.1) is 0 Å². The summed E-state index contributed by atoms with van der Waals surface area (Å²) in [6.45, 7) is 5.03. The van der Waals surface area contributed by atoms with Gasteiger partial charge in [-0.2, -0.15) is 0 Å². The Morgan fingerprint density at radius 2 is 1.79 bits per heavy atom. The van der Waals surface area contributed by atoms with Gasteiger partial charge in [-0.15, -0.1) is 0 Å². The predicted molar refractivity (Wildman–Crippen MR) is 104 cm³/mol. The lowest BCUT2D eigenvalue weighted by Gasteiger charge is -2.22. The molecule has 0 bridgehead atoms. The molecule has 2 aromatic carbocycles. The summed E-state index contributed by atoms with van der Waals surface area (Å²) in [5.74, 6) is -1.46. The van der Waals surface area contributed by atoms with E-state index in [1.807, 2.05) is 42.2 Å². The van der Waals surface area contributed by atoms with Crippen molar-refractivity contribution >= 4 is 17.4 Å². The van der Waals surface area contributed by atoms with Crippen LogP contribution in [0.5, 0.6) is 0 Å². The van der Waals surface area contributed by atoms with Crippen molar-refractivity contribution in [2.75, 3.05) is 16.8 Å². The number of amides is 1. The zero-order chi connectivity index (χ0) is 20.1. The Hall–Kier alpha value is -3.35. The Balaban J connectivity index is 1.83. The fraction of sp³-hybridized carbons (Fsp3) is 0.190. The maximum Gasteiger partial charge on any atom is 0.274 e. The van der Waals surface area contributed by atoms with Gasteiger partial charge in [-0.25, -0.2) is 18.7 Å². The third-order valence-corrected chi connectivity index (χ3v) is 4.16. The quantitative estimate of drug-likeness (QED) is 0.689. The largest absolute Gasteiger partial charge is 0.352 e. The van der Waals surface area contributed by atoms with E-state index in [1.54, 1.807) is 13.0 Å². The summed E-state index contributed by atoms with van der Waals surface area (Å²) in [5, 5.41) is 2.53. The Bertz CT molecular complexity index is 979. The minimum Gasteiger partial charge on any atom is -0.352 e. The van der Waals surface area contributed by atoms with Crippen LogP contribution in [0.25, 0.3) is 0 Å². The number of nitrogens with one attached hydrogen (secondary N) is 1. The lowest BCUT2D eigenvalue weighted by atomic mass is 10.2. The maximum atomic E-state index is 13.4. The number of rotatable bonds is 6. The molecule has 0 fully saturated rings. The average molecular weight is 382 g/mol. The number of carbonyl (C=O) groups excluding carboxylic acids is 1. The second-order valence-corrected chi connectivity index (χ2v) is 6.24. The van der Waals surface area contributed by atoms with Crippen LogP contribution in [-0.2, 0) is 6.54 Å². The molecular formula is C21H20F2N4O. The second-order valence-electron chi connectivity index (χ2n) is 6.24. The highest BCUT2D eigenvalue weighted by Gasteiger charge is 2.15. The lowest BCUT2D eigenvalue weighted by Crippen LogP contribution is -2.25. The Morgan fingerprint density at radius 1 is 1.04 bits per heavy atom. The fourth-order valence-electron chi connectivity index (χ4n) is 2.76. The molecule has 3 rings (SSSR count). The normalized spacial score (nSPS) is 10.6. The van der Waals surface area contributed by atoms with E-state index in [0.29, 0.717) is 24.7 Å². The molecule has 1 amide bonds. The minimum absolute atomic E-state index is 0.151. The van der Waals surface area contributed by atoms with Crippen LogP contribution >= 0.6 is 0 Å². The number of nitrogens with zero attached hydrogens (tertiary/aromatic N) is 3. The van der Waals surface area contributed by atoms with Crippen LogP contribution in [0.3, 0.4) is 0 Å². The standard InChI is InChI=1S/C21H20F2N4O/c1-3-27(13-15-7-5-4-6-8-15)20-12-19(24-14(2)25-20)21(28)26-16-9-10-17(22)18(23)11-16/h4-12H,3,13H2,1-2H3,(H,26,28). The van der Waals surface area contributed by atoms with E-state index < -0.39 is 17.5 Å². The van der Waals surface area contributed by atoms with Crippen LogP contribution in [-0.4, -0.2) is 22.4 Å². The van der Waals surface area contributed by atoms with E-state index in [4.69, 9.17) is 0 Å². The molecular weight excluding hydrogens is 362 g/mol. The Kier molecular flexibility index (Phi) is 5.93. The molecule has 28 heavy (non-hydrogen) atoms. The summed E-state index contributed by atoms with van der Waals surface area (Å²) in [6.07, 6.45) is 0. The summed E-state index contributed by atoms with van der Waals surface area (Å²) in [7, 11) is 0. The van der Waals surface area contributed by atoms with E-state index in [1.165, 1.54) is 6.07 Å². The van der Waals surface area contributed by atoms with Gasteiger partial charge in [0.2, 0.25) is 0 Å². The van der Waals surface area contributed by atoms with Crippen LogP contribution in [0.1, 0.15) is 28.8 Å². The van der Waals surface area contributed by atoms with Crippen molar-refractivity contribution in [3.8, 4) is 0 Å². The summed E-state index contributed by atoms with van der Waals surface area (Å²) in [6, 6.07) is 14.7. The van der Waals surface area contributed by atoms with Gasteiger partial charge in [0, 0.05) is 30.9 Å². The van der Waals surface area contributed by atoms with E-state index in [0.717, 1.165) is 17.7 Å². The average Bonchev–Trinajstić information content (AvgIpc) is 2.69. The van der Waals surface area contributed by atoms with E-state index in [9.17, 15) is 13.6 Å². The van der Waals surface area contributed by atoms with Crippen LogP contribution in [0.2, 0.25) is 0 Å². The van der Waals surface area contributed by atoms with Gasteiger partial charge in [0.15, 0.2) is 11.6 Å². The number of halogens is 2. The maximum absolute atomic E-state index is 13.4. The van der Waals surface area contributed by atoms with Crippen LogP contribution in [0, 0.1) is 18.6 Å². The predicted octanol–water partition coefficient (Wildman–Crippen LogP) is 4.34. The summed E-state index contributed by atoms with van der Waals surface area (Å²) in [5.41, 5.74) is 1.42. The first-order chi connectivity index (χ1) is 13.5. The van der Waals surface area contributed by atoms with Gasteiger partial charge in [0.25, 0.3) is 5.91 Å². The smallest absolute Gasteiger partial charge is 0.274 e. The van der Waals surface area contributed by atoms with Crippen molar-refractivity contribution in [2.24, 2.45) is 0 Å². The molecule has 0 aliphatic rings. The monoisotopic (exact) mass is 382 g/mol.